The minimum atomic E-state index is -2.93. The van der Waals surface area contributed by atoms with E-state index < -0.39 is 66.2 Å². The highest BCUT2D eigenvalue weighted by Crippen LogP contribution is 2.28. The first kappa shape index (κ1) is 17.3. The maximum Gasteiger partial charge on any atom is 0.214 e. The van der Waals surface area contributed by atoms with Gasteiger partial charge in [0.1, 0.15) is 38.1 Å². The predicted octanol–water partition coefficient (Wildman–Crippen LogP) is -0.417. The molecule has 0 fully saturated rings. The number of alkyl halides is 8. The predicted molar refractivity (Wildman–Crippen MR) is 60.9 cm³/mol. The van der Waals surface area contributed by atoms with Crippen LogP contribution in [0.3, 0.4) is 0 Å². The summed E-state index contributed by atoms with van der Waals surface area (Å²) in [6, 6.07) is -11.7. The van der Waals surface area contributed by atoms with Gasteiger partial charge in [-0.15, -0.1) is 0 Å². The highest BCUT2D eigenvalue weighted by atomic mass is 28.4. The van der Waals surface area contributed by atoms with E-state index in [1.807, 2.05) is 0 Å². The van der Waals surface area contributed by atoms with Gasteiger partial charge in [0.05, 0.1) is 0 Å². The summed E-state index contributed by atoms with van der Waals surface area (Å²) in [6.07, 6.45) is 0. The van der Waals surface area contributed by atoms with E-state index in [1.54, 1.807) is 0 Å². The van der Waals surface area contributed by atoms with Gasteiger partial charge in [0.25, 0.3) is 0 Å². The van der Waals surface area contributed by atoms with Crippen LogP contribution in [0.5, 0.6) is 0 Å². The molecule has 0 nitrogen and oxygen atoms in total. The van der Waals surface area contributed by atoms with Gasteiger partial charge in [-0.25, -0.2) is 35.1 Å². The minimum Gasteiger partial charge on any atom is -0.216 e. The SMILES string of the molecule is FC(F)[SiH2]C([SiH2]C(F)F)([SiH2]C(F)F)[SiH2]C(F)F. The average Bonchev–Trinajstić information content (AvgIpc) is 1.95. The Labute approximate surface area is 102 Å². The van der Waals surface area contributed by atoms with Crippen LogP contribution in [0.2, 0.25) is 3.91 Å². The van der Waals surface area contributed by atoms with Crippen LogP contribution in [0.25, 0.3) is 0 Å². The molecular formula is C5H12F8Si4. The molecule has 0 aliphatic heterocycles. The second kappa shape index (κ2) is 7.68. The van der Waals surface area contributed by atoms with Gasteiger partial charge in [-0.1, -0.05) is 0 Å². The third-order valence-electron chi connectivity index (χ3n) is 2.35. The van der Waals surface area contributed by atoms with Crippen molar-refractivity contribution >= 4 is 38.1 Å². The third kappa shape index (κ3) is 8.09. The van der Waals surface area contributed by atoms with Crippen LogP contribution in [-0.4, -0.2) is 62.3 Å². The van der Waals surface area contributed by atoms with Crippen molar-refractivity contribution in [1.82, 2.24) is 0 Å². The molecule has 0 aromatic carbocycles. The molecular weight excluding hydrogens is 324 g/mol. The summed E-state index contributed by atoms with van der Waals surface area (Å²) < 4.78 is 96.3. The van der Waals surface area contributed by atoms with Crippen LogP contribution in [0, 0.1) is 0 Å². The number of hydrogen-bond acceptors (Lipinski definition) is 0. The molecule has 0 aromatic heterocycles. The largest absolute Gasteiger partial charge is 0.216 e. The maximum absolute atomic E-state index is 12.3. The second-order valence-electron chi connectivity index (χ2n) is 3.88. The van der Waals surface area contributed by atoms with Crippen molar-refractivity contribution in [2.24, 2.45) is 0 Å². The Morgan fingerprint density at radius 3 is 0.765 bits per heavy atom. The van der Waals surface area contributed by atoms with Gasteiger partial charge in [-0.05, 0) is 3.91 Å². The standard InChI is InChI=1S/C5H12F8Si4/c6-1(7)14-5(15-2(8)9,16-3(10)11)17-4(12)13/h1-4H,14-17H2. The van der Waals surface area contributed by atoms with Crippen LogP contribution < -0.4 is 0 Å². The zero-order chi connectivity index (χ0) is 13.6. The fourth-order valence-electron chi connectivity index (χ4n) is 1.81. The molecule has 12 heteroatoms. The molecule has 0 aromatic rings. The van der Waals surface area contributed by atoms with E-state index in [4.69, 9.17) is 0 Å². The molecule has 0 spiro atoms. The van der Waals surface area contributed by atoms with Gasteiger partial charge in [-0.3, -0.25) is 0 Å². The first-order valence-corrected chi connectivity index (χ1v) is 10.9. The van der Waals surface area contributed by atoms with Gasteiger partial charge in [0.2, 0.25) is 24.2 Å². The molecule has 0 aliphatic carbocycles. The summed E-state index contributed by atoms with van der Waals surface area (Å²) in [5.74, 6) is 0. The molecule has 0 amide bonds. The van der Waals surface area contributed by atoms with Crippen molar-refractivity contribution in [2.45, 2.75) is 28.1 Å². The van der Waals surface area contributed by atoms with Crippen LogP contribution in [0.15, 0.2) is 0 Å². The molecule has 0 radical (unpaired) electrons. The summed E-state index contributed by atoms with van der Waals surface area (Å²) in [6.45, 7) is 0. The van der Waals surface area contributed by atoms with Crippen LogP contribution in [-0.2, 0) is 0 Å². The van der Waals surface area contributed by atoms with E-state index in [-0.39, 0.29) is 0 Å². The zero-order valence-electron chi connectivity index (χ0n) is 8.66. The maximum atomic E-state index is 12.3. The lowest BCUT2D eigenvalue weighted by Crippen LogP contribution is -2.49. The summed E-state index contributed by atoms with van der Waals surface area (Å²) in [7, 11) is -10.3. The minimum absolute atomic E-state index is 1.86. The van der Waals surface area contributed by atoms with Crippen molar-refractivity contribution in [1.29, 1.82) is 0 Å². The van der Waals surface area contributed by atoms with Crippen LogP contribution >= 0.6 is 0 Å². The quantitative estimate of drug-likeness (QED) is 0.417. The van der Waals surface area contributed by atoms with Crippen molar-refractivity contribution in [3.05, 3.63) is 0 Å². The van der Waals surface area contributed by atoms with Crippen LogP contribution in [0.1, 0.15) is 0 Å². The van der Waals surface area contributed by atoms with E-state index in [9.17, 15) is 35.1 Å². The van der Waals surface area contributed by atoms with Gasteiger partial charge in [-0.2, -0.15) is 0 Å². The molecule has 0 unspecified atom stereocenters. The Kier molecular flexibility index (Phi) is 7.82. The monoisotopic (exact) mass is 336 g/mol. The van der Waals surface area contributed by atoms with Crippen molar-refractivity contribution in [3.8, 4) is 0 Å². The van der Waals surface area contributed by atoms with E-state index >= 15 is 0 Å². The highest BCUT2D eigenvalue weighted by Gasteiger charge is 2.43. The van der Waals surface area contributed by atoms with Crippen molar-refractivity contribution in [3.63, 3.8) is 0 Å². The number of hydrogen-bond donors (Lipinski definition) is 0. The molecule has 0 N–H and O–H groups in total. The summed E-state index contributed by atoms with van der Waals surface area (Å²) in [5.41, 5.74) is 0. The summed E-state index contributed by atoms with van der Waals surface area (Å²) in [4.78, 5) is 0. The molecule has 0 rings (SSSR count). The molecule has 0 aliphatic rings. The summed E-state index contributed by atoms with van der Waals surface area (Å²) in [5, 5.41) is 0. The lowest BCUT2D eigenvalue weighted by atomic mass is 11.6. The lowest BCUT2D eigenvalue weighted by molar-refractivity contribution is 0.224. The fourth-order valence-corrected chi connectivity index (χ4v) is 16.3. The van der Waals surface area contributed by atoms with E-state index in [0.717, 1.165) is 0 Å². The Balaban J connectivity index is 4.89. The lowest BCUT2D eigenvalue weighted by Gasteiger charge is -2.31. The number of halogens is 8. The smallest absolute Gasteiger partial charge is 0.214 e. The normalized spacial score (nSPS) is 19.1. The molecule has 0 saturated heterocycles. The Hall–Kier alpha value is 0.308. The van der Waals surface area contributed by atoms with Crippen molar-refractivity contribution in [2.75, 3.05) is 0 Å². The topological polar surface area (TPSA) is 0 Å². The number of rotatable bonds is 8. The van der Waals surface area contributed by atoms with Gasteiger partial charge >= 0.3 is 0 Å². The molecule has 0 heterocycles. The average molecular weight is 336 g/mol. The van der Waals surface area contributed by atoms with Crippen LogP contribution in [0.4, 0.5) is 35.1 Å². The highest BCUT2D eigenvalue weighted by molar-refractivity contribution is 6.96. The molecule has 17 heavy (non-hydrogen) atoms. The van der Waals surface area contributed by atoms with E-state index in [0.29, 0.717) is 0 Å². The zero-order valence-corrected chi connectivity index (χ0v) is 14.3. The Morgan fingerprint density at radius 2 is 0.647 bits per heavy atom. The first-order valence-electron chi connectivity index (χ1n) is 4.79. The van der Waals surface area contributed by atoms with E-state index in [1.165, 1.54) is 0 Å². The van der Waals surface area contributed by atoms with E-state index in [2.05, 4.69) is 0 Å². The van der Waals surface area contributed by atoms with Gasteiger partial charge < -0.3 is 0 Å². The Bertz CT molecular complexity index is 167. The molecule has 0 bridgehead atoms. The summed E-state index contributed by atoms with van der Waals surface area (Å²) >= 11 is 0. The molecule has 104 valence electrons. The molecule has 0 atom stereocenters. The van der Waals surface area contributed by atoms with Gasteiger partial charge in [0.15, 0.2) is 0 Å². The second-order valence-corrected chi connectivity index (χ2v) is 20.0. The first-order chi connectivity index (χ1) is 7.67. The van der Waals surface area contributed by atoms with Gasteiger partial charge in [0, 0.05) is 0 Å². The Morgan fingerprint density at radius 1 is 0.471 bits per heavy atom. The third-order valence-corrected chi connectivity index (χ3v) is 17.4. The molecule has 0 saturated carbocycles. The van der Waals surface area contributed by atoms with Crippen molar-refractivity contribution < 1.29 is 35.1 Å². The fraction of sp³-hybridized carbons (Fsp3) is 1.00.